The number of rotatable bonds is 8. The minimum Gasteiger partial charge on any atom is -0.506 e. The van der Waals surface area contributed by atoms with Gasteiger partial charge in [0.15, 0.2) is 5.75 Å². The monoisotopic (exact) mass is 533 g/mol. The van der Waals surface area contributed by atoms with Crippen molar-refractivity contribution >= 4 is 41.0 Å². The first-order valence-corrected chi connectivity index (χ1v) is 11.2. The van der Waals surface area contributed by atoms with Crippen molar-refractivity contribution in [3.8, 4) is 11.6 Å². The molecule has 3 rings (SSSR count). The van der Waals surface area contributed by atoms with Gasteiger partial charge in [-0.2, -0.15) is 0 Å². The predicted molar refractivity (Wildman–Crippen MR) is 132 cm³/mol. The van der Waals surface area contributed by atoms with Crippen LogP contribution in [0.25, 0.3) is 0 Å². The van der Waals surface area contributed by atoms with Gasteiger partial charge in [0.25, 0.3) is 17.4 Å². The van der Waals surface area contributed by atoms with Crippen LogP contribution in [-0.4, -0.2) is 44.2 Å². The smallest absolute Gasteiger partial charge is 0.322 e. The van der Waals surface area contributed by atoms with E-state index >= 15 is 0 Å². The molecule has 2 amide bonds. The summed E-state index contributed by atoms with van der Waals surface area (Å²) in [6.07, 6.45) is 0. The summed E-state index contributed by atoms with van der Waals surface area (Å²) in [5.41, 5.74) is -1.79. The highest BCUT2D eigenvalue weighted by Gasteiger charge is 2.30. The van der Waals surface area contributed by atoms with Crippen LogP contribution in [-0.2, 0) is 11.3 Å². The van der Waals surface area contributed by atoms with Crippen molar-refractivity contribution in [1.82, 2.24) is 15.2 Å². The van der Waals surface area contributed by atoms with Gasteiger partial charge in [-0.1, -0.05) is 53.5 Å². The Kier molecular flexibility index (Phi) is 8.23. The average Bonchev–Trinajstić information content (AvgIpc) is 2.82. The highest BCUT2D eigenvalue weighted by molar-refractivity contribution is 6.31. The molecule has 0 saturated heterocycles. The van der Waals surface area contributed by atoms with Crippen LogP contribution in [0.4, 0.5) is 0 Å². The average molecular weight is 534 g/mol. The number of carbonyl (C=O) groups excluding carboxylic acids is 2. The number of hydrogen-bond donors (Lipinski definition) is 5. The standard InChI is InChI=1S/C24H21Cl2N3O7/c1-12(13-6-8-15(25)9-7-13)28-22(34)19-20(32)18(21(33)27-10-17(30)31)23(35)29(24(19)36)11-14-4-2-3-5-16(14)26/h2-9,12,32,36H,10-11H2,1H3,(H,27,33)(H,28,34)(H,30,31)/t12-/m1/s1. The number of hydrogen-bond acceptors (Lipinski definition) is 6. The molecule has 36 heavy (non-hydrogen) atoms. The molecule has 5 N–H and O–H groups in total. The molecular weight excluding hydrogens is 513 g/mol. The number of benzene rings is 2. The molecule has 0 unspecified atom stereocenters. The normalized spacial score (nSPS) is 11.5. The molecule has 12 heteroatoms. The maximum atomic E-state index is 13.1. The van der Waals surface area contributed by atoms with E-state index in [-0.39, 0.29) is 11.6 Å². The number of pyridine rings is 1. The second-order valence-corrected chi connectivity index (χ2v) is 8.57. The number of carboxylic acid groups (broad SMARTS) is 1. The van der Waals surface area contributed by atoms with E-state index in [1.165, 1.54) is 0 Å². The van der Waals surface area contributed by atoms with Crippen molar-refractivity contribution < 1.29 is 29.7 Å². The van der Waals surface area contributed by atoms with Crippen molar-refractivity contribution in [3.05, 3.63) is 91.2 Å². The molecule has 0 aliphatic heterocycles. The lowest BCUT2D eigenvalue weighted by atomic mass is 10.1. The van der Waals surface area contributed by atoms with Gasteiger partial charge in [0.1, 0.15) is 17.7 Å². The van der Waals surface area contributed by atoms with Gasteiger partial charge in [-0.25, -0.2) is 0 Å². The number of nitrogens with one attached hydrogen (secondary N) is 2. The number of carboxylic acids is 1. The van der Waals surface area contributed by atoms with Crippen molar-refractivity contribution in [3.63, 3.8) is 0 Å². The molecule has 10 nitrogen and oxygen atoms in total. The van der Waals surface area contributed by atoms with Gasteiger partial charge in [-0.3, -0.25) is 23.7 Å². The topological polar surface area (TPSA) is 158 Å². The summed E-state index contributed by atoms with van der Waals surface area (Å²) in [5.74, 6) is -5.64. The van der Waals surface area contributed by atoms with Crippen LogP contribution in [0.5, 0.6) is 11.6 Å². The van der Waals surface area contributed by atoms with Crippen LogP contribution < -0.4 is 16.2 Å². The largest absolute Gasteiger partial charge is 0.506 e. The molecule has 0 radical (unpaired) electrons. The Morgan fingerprint density at radius 2 is 1.61 bits per heavy atom. The highest BCUT2D eigenvalue weighted by Crippen LogP contribution is 2.30. The first kappa shape index (κ1) is 26.6. The Labute approximate surface area is 214 Å². The molecule has 3 aromatic rings. The van der Waals surface area contributed by atoms with Gasteiger partial charge in [-0.05, 0) is 36.2 Å². The van der Waals surface area contributed by atoms with Crippen molar-refractivity contribution in [1.29, 1.82) is 0 Å². The fourth-order valence-electron chi connectivity index (χ4n) is 3.40. The van der Waals surface area contributed by atoms with Gasteiger partial charge < -0.3 is 26.0 Å². The van der Waals surface area contributed by atoms with E-state index < -0.39 is 58.7 Å². The summed E-state index contributed by atoms with van der Waals surface area (Å²) in [6.45, 7) is 0.435. The van der Waals surface area contributed by atoms with E-state index in [1.807, 2.05) is 5.32 Å². The molecule has 2 aromatic carbocycles. The van der Waals surface area contributed by atoms with E-state index in [0.717, 1.165) is 0 Å². The fourth-order valence-corrected chi connectivity index (χ4v) is 3.73. The zero-order valence-corrected chi connectivity index (χ0v) is 20.3. The van der Waals surface area contributed by atoms with Crippen LogP contribution >= 0.6 is 23.2 Å². The third-order valence-corrected chi connectivity index (χ3v) is 5.89. The summed E-state index contributed by atoms with van der Waals surface area (Å²) in [6, 6.07) is 12.3. The van der Waals surface area contributed by atoms with Crippen LogP contribution in [0.15, 0.2) is 53.3 Å². The summed E-state index contributed by atoms with van der Waals surface area (Å²) in [7, 11) is 0. The number of aromatic nitrogens is 1. The number of aromatic hydroxyl groups is 2. The maximum absolute atomic E-state index is 13.1. The molecule has 1 atom stereocenters. The lowest BCUT2D eigenvalue weighted by molar-refractivity contribution is -0.135. The number of nitrogens with zero attached hydrogens (tertiary/aromatic N) is 1. The third-order valence-electron chi connectivity index (χ3n) is 5.27. The van der Waals surface area contributed by atoms with Crippen LogP contribution in [0, 0.1) is 0 Å². The zero-order chi connectivity index (χ0) is 26.6. The molecule has 1 heterocycles. The zero-order valence-electron chi connectivity index (χ0n) is 18.8. The molecule has 0 saturated carbocycles. The summed E-state index contributed by atoms with van der Waals surface area (Å²) >= 11 is 12.1. The lowest BCUT2D eigenvalue weighted by Crippen LogP contribution is -2.37. The molecular formula is C24H21Cl2N3O7. The first-order valence-electron chi connectivity index (χ1n) is 10.5. The van der Waals surface area contributed by atoms with E-state index in [2.05, 4.69) is 5.32 Å². The Balaban J connectivity index is 2.11. The SMILES string of the molecule is C[C@@H](NC(=O)c1c(O)c(C(=O)NCC(=O)O)c(=O)n(Cc2ccccc2Cl)c1O)c1ccc(Cl)cc1. The number of amides is 2. The second-order valence-electron chi connectivity index (χ2n) is 7.73. The summed E-state index contributed by atoms with van der Waals surface area (Å²) in [4.78, 5) is 49.7. The van der Waals surface area contributed by atoms with Crippen molar-refractivity contribution in [2.24, 2.45) is 0 Å². The Hall–Kier alpha value is -4.02. The molecule has 188 valence electrons. The first-order chi connectivity index (χ1) is 17.0. The fraction of sp³-hybridized carbons (Fsp3) is 0.167. The Bertz CT molecular complexity index is 1390. The minimum absolute atomic E-state index is 0.246. The lowest BCUT2D eigenvalue weighted by Gasteiger charge is -2.19. The molecule has 0 aliphatic carbocycles. The van der Waals surface area contributed by atoms with Crippen molar-refractivity contribution in [2.45, 2.75) is 19.5 Å². The van der Waals surface area contributed by atoms with Gasteiger partial charge in [0.05, 0.1) is 12.6 Å². The Morgan fingerprint density at radius 3 is 2.22 bits per heavy atom. The highest BCUT2D eigenvalue weighted by atomic mass is 35.5. The van der Waals surface area contributed by atoms with Gasteiger partial charge in [0, 0.05) is 10.0 Å². The van der Waals surface area contributed by atoms with E-state index in [1.54, 1.807) is 55.5 Å². The molecule has 0 fully saturated rings. The van der Waals surface area contributed by atoms with Crippen LogP contribution in [0.3, 0.4) is 0 Å². The maximum Gasteiger partial charge on any atom is 0.322 e. The van der Waals surface area contributed by atoms with Crippen LogP contribution in [0.2, 0.25) is 10.0 Å². The third kappa shape index (κ3) is 5.78. The molecule has 1 aromatic heterocycles. The van der Waals surface area contributed by atoms with Crippen molar-refractivity contribution in [2.75, 3.05) is 6.54 Å². The molecule has 0 aliphatic rings. The quantitative estimate of drug-likeness (QED) is 0.297. The number of halogens is 2. The van der Waals surface area contributed by atoms with Gasteiger partial charge >= 0.3 is 5.97 Å². The van der Waals surface area contributed by atoms with Gasteiger partial charge in [-0.15, -0.1) is 0 Å². The minimum atomic E-state index is -1.40. The van der Waals surface area contributed by atoms with E-state index in [9.17, 15) is 29.4 Å². The molecule has 0 spiro atoms. The predicted octanol–water partition coefficient (Wildman–Crippen LogP) is 2.92. The van der Waals surface area contributed by atoms with E-state index in [0.29, 0.717) is 20.7 Å². The number of carbonyl (C=O) groups is 3. The van der Waals surface area contributed by atoms with Crippen LogP contribution in [0.1, 0.15) is 44.8 Å². The van der Waals surface area contributed by atoms with Gasteiger partial charge in [0.2, 0.25) is 5.88 Å². The second kappa shape index (κ2) is 11.1. The molecule has 0 bridgehead atoms. The Morgan fingerprint density at radius 1 is 0.972 bits per heavy atom. The summed E-state index contributed by atoms with van der Waals surface area (Å²) in [5, 5.41) is 35.7. The van der Waals surface area contributed by atoms with E-state index in [4.69, 9.17) is 28.3 Å². The summed E-state index contributed by atoms with van der Waals surface area (Å²) < 4.78 is 0.693. The number of aliphatic carboxylic acids is 1.